The van der Waals surface area contributed by atoms with Crippen molar-refractivity contribution in [1.29, 1.82) is 0 Å². The summed E-state index contributed by atoms with van der Waals surface area (Å²) >= 11 is 1.29. The molecule has 0 bridgehead atoms. The van der Waals surface area contributed by atoms with Gasteiger partial charge in [0.1, 0.15) is 5.00 Å². The molecule has 0 aromatic carbocycles. The SMILES string of the molecule is NC(=O)c1ccsc1NC(=O)CN1CC[C@@H](N)C1. The number of nitrogens with zero attached hydrogens (tertiary/aromatic N) is 1. The molecule has 0 spiro atoms. The minimum atomic E-state index is -0.533. The molecule has 0 aliphatic carbocycles. The Labute approximate surface area is 109 Å². The molecule has 2 rings (SSSR count). The van der Waals surface area contributed by atoms with Crippen LogP contribution in [0.3, 0.4) is 0 Å². The molecule has 2 heterocycles. The highest BCUT2D eigenvalue weighted by Crippen LogP contribution is 2.22. The highest BCUT2D eigenvalue weighted by Gasteiger charge is 2.21. The lowest BCUT2D eigenvalue weighted by molar-refractivity contribution is -0.117. The number of rotatable bonds is 4. The molecule has 18 heavy (non-hydrogen) atoms. The van der Waals surface area contributed by atoms with Gasteiger partial charge in [0.2, 0.25) is 5.91 Å². The van der Waals surface area contributed by atoms with Gasteiger partial charge in [-0.15, -0.1) is 11.3 Å². The van der Waals surface area contributed by atoms with Gasteiger partial charge in [0, 0.05) is 19.1 Å². The quantitative estimate of drug-likeness (QED) is 0.705. The van der Waals surface area contributed by atoms with Crippen LogP contribution in [-0.4, -0.2) is 42.4 Å². The van der Waals surface area contributed by atoms with Crippen LogP contribution in [0.25, 0.3) is 0 Å². The lowest BCUT2D eigenvalue weighted by Gasteiger charge is -2.14. The van der Waals surface area contributed by atoms with Crippen LogP contribution in [0.4, 0.5) is 5.00 Å². The Balaban J connectivity index is 1.91. The minimum absolute atomic E-state index is 0.144. The fraction of sp³-hybridized carbons (Fsp3) is 0.455. The Hall–Kier alpha value is -1.44. The molecule has 1 aromatic rings. The molecule has 98 valence electrons. The number of nitrogens with two attached hydrogens (primary N) is 2. The first kappa shape index (κ1) is 13.0. The molecule has 2 amide bonds. The molecule has 1 aliphatic heterocycles. The van der Waals surface area contributed by atoms with Crippen molar-refractivity contribution < 1.29 is 9.59 Å². The van der Waals surface area contributed by atoms with E-state index in [0.717, 1.165) is 19.5 Å². The van der Waals surface area contributed by atoms with E-state index in [9.17, 15) is 9.59 Å². The first-order chi connectivity index (χ1) is 8.56. The van der Waals surface area contributed by atoms with Gasteiger partial charge in [0.15, 0.2) is 0 Å². The Morgan fingerprint density at radius 3 is 2.94 bits per heavy atom. The fourth-order valence-corrected chi connectivity index (χ4v) is 2.78. The average molecular weight is 268 g/mol. The average Bonchev–Trinajstić information content (AvgIpc) is 2.87. The summed E-state index contributed by atoms with van der Waals surface area (Å²) in [6.07, 6.45) is 0.915. The van der Waals surface area contributed by atoms with Crippen LogP contribution in [0.2, 0.25) is 0 Å². The number of primary amides is 1. The molecule has 1 aromatic heterocycles. The number of amides is 2. The summed E-state index contributed by atoms with van der Waals surface area (Å²) in [5.74, 6) is -0.677. The van der Waals surface area contributed by atoms with Crippen molar-refractivity contribution in [2.75, 3.05) is 25.0 Å². The molecule has 7 heteroatoms. The number of likely N-dealkylation sites (tertiary alicyclic amines) is 1. The zero-order valence-corrected chi connectivity index (χ0v) is 10.7. The lowest BCUT2D eigenvalue weighted by atomic mass is 10.3. The van der Waals surface area contributed by atoms with Gasteiger partial charge in [-0.2, -0.15) is 0 Å². The van der Waals surface area contributed by atoms with Gasteiger partial charge in [-0.1, -0.05) is 0 Å². The molecule has 1 atom stereocenters. The van der Waals surface area contributed by atoms with Gasteiger partial charge in [-0.05, 0) is 17.9 Å². The van der Waals surface area contributed by atoms with E-state index >= 15 is 0 Å². The highest BCUT2D eigenvalue weighted by molar-refractivity contribution is 7.14. The van der Waals surface area contributed by atoms with E-state index in [2.05, 4.69) is 5.32 Å². The second kappa shape index (κ2) is 5.47. The third kappa shape index (κ3) is 3.06. The second-order valence-corrected chi connectivity index (χ2v) is 5.28. The first-order valence-corrected chi connectivity index (χ1v) is 6.59. The molecular formula is C11H16N4O2S. The fourth-order valence-electron chi connectivity index (χ4n) is 1.98. The van der Waals surface area contributed by atoms with Crippen molar-refractivity contribution in [2.24, 2.45) is 11.5 Å². The van der Waals surface area contributed by atoms with E-state index in [0.29, 0.717) is 17.1 Å². The summed E-state index contributed by atoms with van der Waals surface area (Å²) in [6, 6.07) is 1.76. The second-order valence-electron chi connectivity index (χ2n) is 4.36. The van der Waals surface area contributed by atoms with Crippen LogP contribution in [-0.2, 0) is 4.79 Å². The summed E-state index contributed by atoms with van der Waals surface area (Å²) in [6.45, 7) is 1.87. The molecule has 0 unspecified atom stereocenters. The number of anilines is 1. The maximum absolute atomic E-state index is 11.8. The van der Waals surface area contributed by atoms with E-state index in [1.54, 1.807) is 11.4 Å². The summed E-state index contributed by atoms with van der Waals surface area (Å²) < 4.78 is 0. The number of carbonyl (C=O) groups is 2. The Bertz CT molecular complexity index is 460. The van der Waals surface area contributed by atoms with Gasteiger partial charge in [0.05, 0.1) is 12.1 Å². The van der Waals surface area contributed by atoms with Crippen molar-refractivity contribution in [3.8, 4) is 0 Å². The molecule has 5 N–H and O–H groups in total. The van der Waals surface area contributed by atoms with E-state index < -0.39 is 5.91 Å². The predicted octanol–water partition coefficient (Wildman–Crippen LogP) is -0.182. The zero-order chi connectivity index (χ0) is 13.1. The van der Waals surface area contributed by atoms with Crippen molar-refractivity contribution in [2.45, 2.75) is 12.5 Å². The molecule has 6 nitrogen and oxygen atoms in total. The van der Waals surface area contributed by atoms with E-state index in [-0.39, 0.29) is 11.9 Å². The number of nitrogens with one attached hydrogen (secondary N) is 1. The van der Waals surface area contributed by atoms with E-state index in [4.69, 9.17) is 11.5 Å². The molecule has 1 saturated heterocycles. The number of carbonyl (C=O) groups excluding carboxylic acids is 2. The summed E-state index contributed by atoms with van der Waals surface area (Å²) in [7, 11) is 0. The van der Waals surface area contributed by atoms with Gasteiger partial charge in [0.25, 0.3) is 5.91 Å². The Morgan fingerprint density at radius 2 is 2.33 bits per heavy atom. The Kier molecular flexibility index (Phi) is 3.95. The van der Waals surface area contributed by atoms with Crippen LogP contribution in [0.1, 0.15) is 16.8 Å². The summed E-state index contributed by atoms with van der Waals surface area (Å²) in [5, 5.41) is 4.94. The number of thiophene rings is 1. The monoisotopic (exact) mass is 268 g/mol. The standard InChI is InChI=1S/C11H16N4O2S/c12-7-1-3-15(5-7)6-9(16)14-11-8(10(13)17)2-4-18-11/h2,4,7H,1,3,5-6,12H2,(H2,13,17)(H,14,16)/t7-/m1/s1. The van der Waals surface area contributed by atoms with E-state index in [1.165, 1.54) is 11.3 Å². The maximum atomic E-state index is 11.8. The van der Waals surface area contributed by atoms with Crippen LogP contribution >= 0.6 is 11.3 Å². The van der Waals surface area contributed by atoms with Gasteiger partial charge < -0.3 is 16.8 Å². The van der Waals surface area contributed by atoms with E-state index in [1.807, 2.05) is 4.90 Å². The van der Waals surface area contributed by atoms with Crippen LogP contribution in [0.15, 0.2) is 11.4 Å². The van der Waals surface area contributed by atoms with Gasteiger partial charge in [-0.3, -0.25) is 14.5 Å². The molecule has 0 saturated carbocycles. The minimum Gasteiger partial charge on any atom is -0.366 e. The third-order valence-electron chi connectivity index (χ3n) is 2.86. The van der Waals surface area contributed by atoms with Crippen molar-refractivity contribution in [3.63, 3.8) is 0 Å². The molecule has 0 radical (unpaired) electrons. The van der Waals surface area contributed by atoms with Gasteiger partial charge >= 0.3 is 0 Å². The predicted molar refractivity (Wildman–Crippen MR) is 70.5 cm³/mol. The Morgan fingerprint density at radius 1 is 1.56 bits per heavy atom. The normalized spacial score (nSPS) is 19.9. The van der Waals surface area contributed by atoms with Crippen LogP contribution < -0.4 is 16.8 Å². The van der Waals surface area contributed by atoms with Crippen molar-refractivity contribution in [1.82, 2.24) is 4.90 Å². The third-order valence-corrected chi connectivity index (χ3v) is 3.69. The summed E-state index contributed by atoms with van der Waals surface area (Å²) in [4.78, 5) is 24.9. The largest absolute Gasteiger partial charge is 0.366 e. The topological polar surface area (TPSA) is 101 Å². The first-order valence-electron chi connectivity index (χ1n) is 5.71. The van der Waals surface area contributed by atoms with Crippen LogP contribution in [0.5, 0.6) is 0 Å². The van der Waals surface area contributed by atoms with Crippen molar-refractivity contribution in [3.05, 3.63) is 17.0 Å². The molecule has 1 aliphatic rings. The van der Waals surface area contributed by atoms with Crippen molar-refractivity contribution >= 4 is 28.2 Å². The van der Waals surface area contributed by atoms with Gasteiger partial charge in [-0.25, -0.2) is 0 Å². The maximum Gasteiger partial charge on any atom is 0.251 e. The highest BCUT2D eigenvalue weighted by atomic mass is 32.1. The number of hydrogen-bond acceptors (Lipinski definition) is 5. The lowest BCUT2D eigenvalue weighted by Crippen LogP contribution is -2.33. The number of hydrogen-bond donors (Lipinski definition) is 3. The molecule has 1 fully saturated rings. The summed E-state index contributed by atoms with van der Waals surface area (Å²) in [5.41, 5.74) is 11.3. The van der Waals surface area contributed by atoms with Crippen LogP contribution in [0, 0.1) is 0 Å². The zero-order valence-electron chi connectivity index (χ0n) is 9.89. The smallest absolute Gasteiger partial charge is 0.251 e. The molecular weight excluding hydrogens is 252 g/mol.